The van der Waals surface area contributed by atoms with Crippen LogP contribution < -0.4 is 10.1 Å². The van der Waals surface area contributed by atoms with E-state index in [-0.39, 0.29) is 12.1 Å². The van der Waals surface area contributed by atoms with Gasteiger partial charge in [0.15, 0.2) is 0 Å². The normalized spacial score (nSPS) is 14.9. The Labute approximate surface area is 215 Å². The lowest BCUT2D eigenvalue weighted by atomic mass is 10.1. The number of ether oxygens (including phenoxy) is 1. The van der Waals surface area contributed by atoms with Crippen molar-refractivity contribution in [3.63, 3.8) is 0 Å². The molecule has 1 aliphatic rings. The lowest BCUT2D eigenvalue weighted by Gasteiger charge is -2.26. The molecular formula is C30H27N3O4. The Morgan fingerprint density at radius 3 is 2.51 bits per heavy atom. The van der Waals surface area contributed by atoms with Crippen LogP contribution in [0.4, 0.5) is 4.79 Å². The molecule has 0 saturated carbocycles. The van der Waals surface area contributed by atoms with E-state index in [1.54, 1.807) is 6.08 Å². The summed E-state index contributed by atoms with van der Waals surface area (Å²) in [7, 11) is 0. The third-order valence-corrected chi connectivity index (χ3v) is 6.29. The Kier molecular flexibility index (Phi) is 6.85. The molecule has 0 unspecified atom stereocenters. The van der Waals surface area contributed by atoms with Crippen molar-refractivity contribution in [3.8, 4) is 5.75 Å². The molecule has 37 heavy (non-hydrogen) atoms. The maximum atomic E-state index is 13.2. The van der Waals surface area contributed by atoms with Crippen LogP contribution in [0.5, 0.6) is 5.75 Å². The highest BCUT2D eigenvalue weighted by atomic mass is 16.5. The van der Waals surface area contributed by atoms with Gasteiger partial charge in [0.05, 0.1) is 13.2 Å². The van der Waals surface area contributed by atoms with Gasteiger partial charge in [0.1, 0.15) is 11.3 Å². The van der Waals surface area contributed by atoms with Crippen LogP contribution in [-0.4, -0.2) is 33.9 Å². The number of para-hydroxylation sites is 1. The van der Waals surface area contributed by atoms with E-state index < -0.39 is 17.8 Å². The van der Waals surface area contributed by atoms with Crippen molar-refractivity contribution in [3.05, 3.63) is 107 Å². The Morgan fingerprint density at radius 1 is 0.919 bits per heavy atom. The van der Waals surface area contributed by atoms with Crippen LogP contribution >= 0.6 is 0 Å². The Hall–Kier alpha value is -4.65. The number of amides is 4. The van der Waals surface area contributed by atoms with Crippen LogP contribution in [-0.2, 0) is 22.7 Å². The summed E-state index contributed by atoms with van der Waals surface area (Å²) in [4.78, 5) is 39.4. The molecular weight excluding hydrogens is 466 g/mol. The summed E-state index contributed by atoms with van der Waals surface area (Å²) in [5, 5.41) is 3.22. The molecule has 1 aliphatic heterocycles. The number of carbonyl (C=O) groups is 3. The number of benzene rings is 3. The van der Waals surface area contributed by atoms with Crippen molar-refractivity contribution in [2.24, 2.45) is 0 Å². The number of nitrogens with zero attached hydrogens (tertiary/aromatic N) is 2. The Balaban J connectivity index is 1.36. The van der Waals surface area contributed by atoms with Gasteiger partial charge in [0.2, 0.25) is 0 Å². The van der Waals surface area contributed by atoms with Crippen molar-refractivity contribution < 1.29 is 19.1 Å². The van der Waals surface area contributed by atoms with Gasteiger partial charge in [-0.25, -0.2) is 4.79 Å². The molecule has 7 nitrogen and oxygen atoms in total. The highest BCUT2D eigenvalue weighted by Gasteiger charge is 2.35. The summed E-state index contributed by atoms with van der Waals surface area (Å²) in [6.45, 7) is 3.37. The summed E-state index contributed by atoms with van der Waals surface area (Å²) >= 11 is 0. The largest absolute Gasteiger partial charge is 0.494 e. The quantitative estimate of drug-likeness (QED) is 0.211. The number of hydrogen-bond acceptors (Lipinski definition) is 4. The molecule has 7 heteroatoms. The fraction of sp³-hybridized carbons (Fsp3) is 0.167. The first-order valence-electron chi connectivity index (χ1n) is 12.2. The number of rotatable bonds is 8. The van der Waals surface area contributed by atoms with Gasteiger partial charge in [-0.3, -0.25) is 19.8 Å². The van der Waals surface area contributed by atoms with Crippen molar-refractivity contribution >= 4 is 34.8 Å². The molecule has 0 bridgehead atoms. The molecule has 1 saturated heterocycles. The van der Waals surface area contributed by atoms with E-state index in [2.05, 4.69) is 9.88 Å². The highest BCUT2D eigenvalue weighted by Crippen LogP contribution is 2.26. The first kappa shape index (κ1) is 24.1. The predicted octanol–water partition coefficient (Wildman–Crippen LogP) is 5.08. The van der Waals surface area contributed by atoms with Gasteiger partial charge in [-0.15, -0.1) is 0 Å². The van der Waals surface area contributed by atoms with Gasteiger partial charge >= 0.3 is 6.03 Å². The molecule has 1 aromatic heterocycles. The van der Waals surface area contributed by atoms with Gasteiger partial charge in [-0.05, 0) is 48.7 Å². The van der Waals surface area contributed by atoms with E-state index >= 15 is 0 Å². The molecule has 0 spiro atoms. The summed E-state index contributed by atoms with van der Waals surface area (Å²) in [6, 6.07) is 24.3. The first-order chi connectivity index (χ1) is 18.0. The molecule has 186 valence electrons. The number of fused-ring (bicyclic) bond motifs is 1. The predicted molar refractivity (Wildman–Crippen MR) is 142 cm³/mol. The molecule has 1 fully saturated rings. The SMILES string of the molecule is Cc1cccc(OCCCn2cc(C=C3C(=O)NC(=O)N(Cc4ccccc4)C3=O)c3ccccc32)c1. The standard InChI is InChI=1S/C30H27N3O4/c1-21-9-7-12-24(17-21)37-16-8-15-32-20-23(25-13-5-6-14-27(25)32)18-26-28(34)31-30(36)33(29(26)35)19-22-10-3-2-4-11-22/h2-7,9-14,17-18,20H,8,15-16,19H2,1H3,(H,31,34,36). The van der Waals surface area contributed by atoms with Crippen LogP contribution in [0.15, 0.2) is 90.6 Å². The zero-order valence-corrected chi connectivity index (χ0v) is 20.5. The smallest absolute Gasteiger partial charge is 0.331 e. The van der Waals surface area contributed by atoms with E-state index in [9.17, 15) is 14.4 Å². The van der Waals surface area contributed by atoms with Gasteiger partial charge in [-0.1, -0.05) is 60.7 Å². The Bertz CT molecular complexity index is 1500. The van der Waals surface area contributed by atoms with Crippen LogP contribution in [0, 0.1) is 6.92 Å². The van der Waals surface area contributed by atoms with Crippen molar-refractivity contribution in [2.45, 2.75) is 26.4 Å². The number of carbonyl (C=O) groups excluding carboxylic acids is 3. The maximum Gasteiger partial charge on any atom is 0.331 e. The second-order valence-electron chi connectivity index (χ2n) is 9.01. The molecule has 0 atom stereocenters. The van der Waals surface area contributed by atoms with Crippen LogP contribution in [0.3, 0.4) is 0 Å². The molecule has 5 rings (SSSR count). The second kappa shape index (κ2) is 10.5. The fourth-order valence-corrected chi connectivity index (χ4v) is 4.46. The lowest BCUT2D eigenvalue weighted by molar-refractivity contribution is -0.130. The van der Waals surface area contributed by atoms with E-state index in [1.807, 2.05) is 92.0 Å². The zero-order chi connectivity index (χ0) is 25.8. The average molecular weight is 494 g/mol. The average Bonchev–Trinajstić information content (AvgIpc) is 3.25. The van der Waals surface area contributed by atoms with E-state index in [0.29, 0.717) is 13.2 Å². The first-order valence-corrected chi connectivity index (χ1v) is 12.2. The van der Waals surface area contributed by atoms with Gasteiger partial charge < -0.3 is 9.30 Å². The molecule has 3 aromatic carbocycles. The van der Waals surface area contributed by atoms with Crippen molar-refractivity contribution in [1.29, 1.82) is 0 Å². The number of aryl methyl sites for hydroxylation is 2. The monoisotopic (exact) mass is 493 g/mol. The number of imide groups is 2. The minimum Gasteiger partial charge on any atom is -0.494 e. The summed E-state index contributed by atoms with van der Waals surface area (Å²) in [6.07, 6.45) is 4.29. The van der Waals surface area contributed by atoms with E-state index in [0.717, 1.165) is 44.7 Å². The summed E-state index contributed by atoms with van der Waals surface area (Å²) in [5.41, 5.74) is 3.61. The summed E-state index contributed by atoms with van der Waals surface area (Å²) < 4.78 is 7.98. The zero-order valence-electron chi connectivity index (χ0n) is 20.5. The van der Waals surface area contributed by atoms with Gasteiger partial charge in [0, 0.05) is 29.2 Å². The van der Waals surface area contributed by atoms with Gasteiger partial charge in [0.25, 0.3) is 11.8 Å². The molecule has 4 aromatic rings. The number of urea groups is 1. The third kappa shape index (κ3) is 5.30. The van der Waals surface area contributed by atoms with Crippen LogP contribution in [0.2, 0.25) is 0 Å². The number of aromatic nitrogens is 1. The van der Waals surface area contributed by atoms with E-state index in [1.165, 1.54) is 0 Å². The Morgan fingerprint density at radius 2 is 1.70 bits per heavy atom. The number of hydrogen-bond donors (Lipinski definition) is 1. The highest BCUT2D eigenvalue weighted by molar-refractivity contribution is 6.31. The van der Waals surface area contributed by atoms with Crippen LogP contribution in [0.1, 0.15) is 23.1 Å². The topological polar surface area (TPSA) is 80.6 Å². The van der Waals surface area contributed by atoms with E-state index in [4.69, 9.17) is 4.74 Å². The lowest BCUT2D eigenvalue weighted by Crippen LogP contribution is -2.53. The van der Waals surface area contributed by atoms with Crippen molar-refractivity contribution in [1.82, 2.24) is 14.8 Å². The fourth-order valence-electron chi connectivity index (χ4n) is 4.46. The minimum absolute atomic E-state index is 0.0683. The number of barbiturate groups is 1. The number of nitrogens with one attached hydrogen (secondary N) is 1. The molecule has 0 radical (unpaired) electrons. The van der Waals surface area contributed by atoms with Crippen LogP contribution in [0.25, 0.3) is 17.0 Å². The maximum absolute atomic E-state index is 13.2. The van der Waals surface area contributed by atoms with Gasteiger partial charge in [-0.2, -0.15) is 0 Å². The molecule has 2 heterocycles. The second-order valence-corrected chi connectivity index (χ2v) is 9.01. The molecule has 0 aliphatic carbocycles. The third-order valence-electron chi connectivity index (χ3n) is 6.29. The minimum atomic E-state index is -0.716. The molecule has 1 N–H and O–H groups in total. The molecule has 4 amide bonds. The van der Waals surface area contributed by atoms with Crippen molar-refractivity contribution in [2.75, 3.05) is 6.61 Å². The summed E-state index contributed by atoms with van der Waals surface area (Å²) in [5.74, 6) is -0.456.